The minimum atomic E-state index is 0.872. The van der Waals surface area contributed by atoms with Crippen LogP contribution in [-0.2, 0) is 0 Å². The van der Waals surface area contributed by atoms with E-state index in [0.717, 1.165) is 11.4 Å². The smallest absolute Gasteiger partial charge is 0.0857 e. The van der Waals surface area contributed by atoms with Crippen LogP contribution in [0.25, 0.3) is 0 Å². The summed E-state index contributed by atoms with van der Waals surface area (Å²) in [6.07, 6.45) is 2.64. The van der Waals surface area contributed by atoms with E-state index < -0.39 is 0 Å². The van der Waals surface area contributed by atoms with Crippen LogP contribution in [0.5, 0.6) is 0 Å². The molecule has 94 valence electrons. The third kappa shape index (κ3) is 5.94. The van der Waals surface area contributed by atoms with Gasteiger partial charge in [0, 0.05) is 0 Å². The topological polar surface area (TPSA) is 24.7 Å². The number of hydrogen-bond acceptors (Lipinski definition) is 2. The van der Waals surface area contributed by atoms with E-state index in [2.05, 4.69) is 24.1 Å². The van der Waals surface area contributed by atoms with Crippen molar-refractivity contribution in [2.24, 2.45) is 10.2 Å². The van der Waals surface area contributed by atoms with Crippen LogP contribution in [0.4, 0.5) is 11.4 Å². The molecule has 2 aromatic carbocycles. The first-order chi connectivity index (χ1) is 8.86. The van der Waals surface area contributed by atoms with Gasteiger partial charge in [-0.3, -0.25) is 0 Å². The SMILES string of the molecule is CCCC.c1ccc(/N=N/c2ccccc2)cc1. The van der Waals surface area contributed by atoms with E-state index in [1.165, 1.54) is 12.8 Å². The predicted octanol–water partition coefficient (Wildman–Crippen LogP) is 5.91. The third-order valence-electron chi connectivity index (χ3n) is 2.29. The molecule has 2 rings (SSSR count). The highest BCUT2D eigenvalue weighted by atomic mass is 15.1. The van der Waals surface area contributed by atoms with Crippen LogP contribution in [0, 0.1) is 0 Å². The Morgan fingerprint density at radius 3 is 1.22 bits per heavy atom. The first-order valence-electron chi connectivity index (χ1n) is 6.38. The van der Waals surface area contributed by atoms with Crippen LogP contribution in [0.1, 0.15) is 26.7 Å². The number of hydrogen-bond donors (Lipinski definition) is 0. The fraction of sp³-hybridized carbons (Fsp3) is 0.250. The van der Waals surface area contributed by atoms with E-state index in [1.54, 1.807) is 0 Å². The maximum Gasteiger partial charge on any atom is 0.0857 e. The molecule has 0 radical (unpaired) electrons. The molecule has 0 saturated carbocycles. The lowest BCUT2D eigenvalue weighted by molar-refractivity contribution is 0.886. The molecular formula is C16H20N2. The highest BCUT2D eigenvalue weighted by molar-refractivity contribution is 5.39. The molecule has 0 aliphatic rings. The van der Waals surface area contributed by atoms with Crippen molar-refractivity contribution in [3.63, 3.8) is 0 Å². The zero-order chi connectivity index (χ0) is 13.1. The second kappa shape index (κ2) is 9.11. The zero-order valence-corrected chi connectivity index (χ0v) is 11.1. The average molecular weight is 240 g/mol. The van der Waals surface area contributed by atoms with E-state index in [-0.39, 0.29) is 0 Å². The summed E-state index contributed by atoms with van der Waals surface area (Å²) in [5.74, 6) is 0. The van der Waals surface area contributed by atoms with Gasteiger partial charge < -0.3 is 0 Å². The molecule has 0 aliphatic carbocycles. The standard InChI is InChI=1S/C12H10N2.C4H10/c1-3-7-11(8-4-1)13-14-12-9-5-2-6-10-12;1-3-4-2/h1-10H;3-4H2,1-2H3/b14-13+;. The third-order valence-corrected chi connectivity index (χ3v) is 2.29. The summed E-state index contributed by atoms with van der Waals surface area (Å²) >= 11 is 0. The molecule has 0 spiro atoms. The molecule has 0 aromatic heterocycles. The molecule has 0 amide bonds. The van der Waals surface area contributed by atoms with Gasteiger partial charge in [-0.25, -0.2) is 0 Å². The Morgan fingerprint density at radius 1 is 0.611 bits per heavy atom. The molecule has 0 fully saturated rings. The minimum Gasteiger partial charge on any atom is -0.151 e. The molecule has 0 atom stereocenters. The van der Waals surface area contributed by atoms with Crippen molar-refractivity contribution in [1.82, 2.24) is 0 Å². The van der Waals surface area contributed by atoms with Crippen molar-refractivity contribution in [2.75, 3.05) is 0 Å². The van der Waals surface area contributed by atoms with Gasteiger partial charge in [0.25, 0.3) is 0 Å². The molecule has 0 N–H and O–H groups in total. The summed E-state index contributed by atoms with van der Waals surface area (Å²) in [5.41, 5.74) is 1.74. The van der Waals surface area contributed by atoms with Crippen molar-refractivity contribution in [1.29, 1.82) is 0 Å². The quantitative estimate of drug-likeness (QED) is 0.596. The van der Waals surface area contributed by atoms with Gasteiger partial charge in [-0.15, -0.1) is 0 Å². The normalized spacial score (nSPS) is 9.89. The van der Waals surface area contributed by atoms with Crippen LogP contribution in [0.3, 0.4) is 0 Å². The van der Waals surface area contributed by atoms with E-state index in [9.17, 15) is 0 Å². The van der Waals surface area contributed by atoms with Gasteiger partial charge in [0.1, 0.15) is 0 Å². The summed E-state index contributed by atoms with van der Waals surface area (Å²) in [5, 5.41) is 8.20. The fourth-order valence-corrected chi connectivity index (χ4v) is 1.10. The highest BCUT2D eigenvalue weighted by Crippen LogP contribution is 2.16. The summed E-state index contributed by atoms with van der Waals surface area (Å²) in [7, 11) is 0. The van der Waals surface area contributed by atoms with Gasteiger partial charge in [0.05, 0.1) is 11.4 Å². The number of azo groups is 1. The fourth-order valence-electron chi connectivity index (χ4n) is 1.10. The molecule has 2 heteroatoms. The Kier molecular flexibility index (Phi) is 7.14. The van der Waals surface area contributed by atoms with E-state index in [1.807, 2.05) is 60.7 Å². The van der Waals surface area contributed by atoms with Crippen LogP contribution in [-0.4, -0.2) is 0 Å². The van der Waals surface area contributed by atoms with E-state index in [4.69, 9.17) is 0 Å². The molecule has 2 aromatic rings. The summed E-state index contributed by atoms with van der Waals surface area (Å²) in [6.45, 7) is 4.36. The molecule has 18 heavy (non-hydrogen) atoms. The van der Waals surface area contributed by atoms with Crippen LogP contribution in [0.2, 0.25) is 0 Å². The van der Waals surface area contributed by atoms with Crippen LogP contribution >= 0.6 is 0 Å². The molecule has 2 nitrogen and oxygen atoms in total. The van der Waals surface area contributed by atoms with Crippen molar-refractivity contribution in [3.8, 4) is 0 Å². The number of rotatable bonds is 3. The molecule has 0 heterocycles. The maximum atomic E-state index is 4.10. The number of benzene rings is 2. The highest BCUT2D eigenvalue weighted by Gasteiger charge is 1.86. The molecular weight excluding hydrogens is 220 g/mol. The van der Waals surface area contributed by atoms with Gasteiger partial charge in [0.2, 0.25) is 0 Å². The molecule has 0 saturated heterocycles. The van der Waals surface area contributed by atoms with Gasteiger partial charge in [-0.05, 0) is 24.3 Å². The molecule has 0 aliphatic heterocycles. The lowest BCUT2D eigenvalue weighted by Crippen LogP contribution is -1.62. The number of nitrogens with zero attached hydrogens (tertiary/aromatic N) is 2. The second-order valence-corrected chi connectivity index (χ2v) is 3.87. The average Bonchev–Trinajstić information content (AvgIpc) is 2.47. The first-order valence-corrected chi connectivity index (χ1v) is 6.38. The maximum absolute atomic E-state index is 4.10. The first kappa shape index (κ1) is 14.1. The van der Waals surface area contributed by atoms with E-state index >= 15 is 0 Å². The van der Waals surface area contributed by atoms with E-state index in [0.29, 0.717) is 0 Å². The van der Waals surface area contributed by atoms with Crippen LogP contribution in [0.15, 0.2) is 70.9 Å². The van der Waals surface area contributed by atoms with Crippen molar-refractivity contribution in [2.45, 2.75) is 26.7 Å². The number of unbranched alkanes of at least 4 members (excludes halogenated alkanes) is 1. The van der Waals surface area contributed by atoms with Crippen molar-refractivity contribution >= 4 is 11.4 Å². The monoisotopic (exact) mass is 240 g/mol. The molecule has 0 bridgehead atoms. The Hall–Kier alpha value is -1.96. The van der Waals surface area contributed by atoms with Gasteiger partial charge in [-0.2, -0.15) is 10.2 Å². The zero-order valence-electron chi connectivity index (χ0n) is 11.1. The Morgan fingerprint density at radius 2 is 0.944 bits per heavy atom. The largest absolute Gasteiger partial charge is 0.151 e. The Labute approximate surface area is 109 Å². The Bertz CT molecular complexity index is 392. The summed E-state index contributed by atoms with van der Waals surface area (Å²) < 4.78 is 0. The van der Waals surface area contributed by atoms with Gasteiger partial charge in [-0.1, -0.05) is 63.1 Å². The molecule has 0 unspecified atom stereocenters. The predicted molar refractivity (Wildman–Crippen MR) is 77.6 cm³/mol. The Balaban J connectivity index is 0.000000357. The van der Waals surface area contributed by atoms with Crippen molar-refractivity contribution < 1.29 is 0 Å². The second-order valence-electron chi connectivity index (χ2n) is 3.87. The minimum absolute atomic E-state index is 0.872. The van der Waals surface area contributed by atoms with Crippen LogP contribution < -0.4 is 0 Å². The van der Waals surface area contributed by atoms with Crippen molar-refractivity contribution in [3.05, 3.63) is 60.7 Å². The van der Waals surface area contributed by atoms with Gasteiger partial charge >= 0.3 is 0 Å². The van der Waals surface area contributed by atoms with Gasteiger partial charge in [0.15, 0.2) is 0 Å². The lowest BCUT2D eigenvalue weighted by atomic mass is 10.3. The summed E-state index contributed by atoms with van der Waals surface area (Å²) in [4.78, 5) is 0. The summed E-state index contributed by atoms with van der Waals surface area (Å²) in [6, 6.07) is 19.4. The lowest BCUT2D eigenvalue weighted by Gasteiger charge is -1.91.